The zero-order valence-electron chi connectivity index (χ0n) is 6.39. The second-order valence-electron chi connectivity index (χ2n) is 1.82. The van der Waals surface area contributed by atoms with Crippen molar-refractivity contribution in [2.75, 3.05) is 14.2 Å². The Kier molecular flexibility index (Phi) is 5.18. The molecule has 0 spiro atoms. The van der Waals surface area contributed by atoms with E-state index in [1.807, 2.05) is 22.6 Å². The number of rotatable bonds is 3. The number of methoxy groups -OCH3 is 2. The van der Waals surface area contributed by atoms with Crippen molar-refractivity contribution >= 4 is 34.5 Å². The van der Waals surface area contributed by atoms with E-state index in [1.54, 1.807) is 0 Å². The van der Waals surface area contributed by atoms with Gasteiger partial charge in [-0.2, -0.15) is 0 Å². The number of carbonyl (C=O) groups is 1. The summed E-state index contributed by atoms with van der Waals surface area (Å²) < 4.78 is 8.72. The number of halogens is 1. The number of carbonyl (C=O) groups excluding carboxylic acids is 1. The van der Waals surface area contributed by atoms with Gasteiger partial charge in [0.2, 0.25) is 0 Å². The summed E-state index contributed by atoms with van der Waals surface area (Å²) in [5.74, 6) is -0.234. The quantitative estimate of drug-likeness (QED) is 0.273. The van der Waals surface area contributed by atoms with Crippen molar-refractivity contribution in [1.82, 2.24) is 0 Å². The molecule has 0 fully saturated rings. The molecule has 0 aliphatic heterocycles. The van der Waals surface area contributed by atoms with E-state index < -0.39 is 0 Å². The minimum atomic E-state index is -0.329. The average molecular weight is 271 g/mol. The van der Waals surface area contributed by atoms with E-state index in [0.29, 0.717) is 0 Å². The van der Waals surface area contributed by atoms with E-state index in [4.69, 9.17) is 5.41 Å². The average Bonchev–Trinajstić information content (AvgIpc) is 2.02. The molecule has 0 aromatic heterocycles. The maximum absolute atomic E-state index is 10.8. The third-order valence-corrected chi connectivity index (χ3v) is 2.02. The minimum Gasteiger partial charge on any atom is -0.484 e. The lowest BCUT2D eigenvalue weighted by Gasteiger charge is -2.06. The summed E-state index contributed by atoms with van der Waals surface area (Å²) in [5.41, 5.74) is 0. The van der Waals surface area contributed by atoms with E-state index in [9.17, 15) is 4.79 Å². The zero-order valence-corrected chi connectivity index (χ0v) is 8.54. The second kappa shape index (κ2) is 5.34. The lowest BCUT2D eigenvalue weighted by molar-refractivity contribution is -0.139. The highest BCUT2D eigenvalue weighted by atomic mass is 127. The highest BCUT2D eigenvalue weighted by Gasteiger charge is 2.17. The predicted molar refractivity (Wildman–Crippen MR) is 49.2 cm³/mol. The van der Waals surface area contributed by atoms with Crippen LogP contribution in [0.2, 0.25) is 0 Å². The fourth-order valence-corrected chi connectivity index (χ4v) is 1.11. The first kappa shape index (κ1) is 10.7. The predicted octanol–water partition coefficient (Wildman–Crippen LogP) is 0.977. The second-order valence-corrected chi connectivity index (χ2v) is 3.33. The SMILES string of the molecule is COC(=N)CC(I)C(=O)OC. The molecule has 1 atom stereocenters. The van der Waals surface area contributed by atoms with Crippen molar-refractivity contribution < 1.29 is 14.3 Å². The van der Waals surface area contributed by atoms with E-state index in [-0.39, 0.29) is 22.2 Å². The van der Waals surface area contributed by atoms with Crippen LogP contribution in [0.15, 0.2) is 0 Å². The molecular formula is C6H10INO3. The topological polar surface area (TPSA) is 59.4 Å². The van der Waals surface area contributed by atoms with Gasteiger partial charge in [0.25, 0.3) is 0 Å². The number of hydrogen-bond acceptors (Lipinski definition) is 4. The Hall–Kier alpha value is -0.330. The Morgan fingerprint density at radius 2 is 2.09 bits per heavy atom. The summed E-state index contributed by atoms with van der Waals surface area (Å²) in [4.78, 5) is 10.8. The van der Waals surface area contributed by atoms with Gasteiger partial charge in [0.05, 0.1) is 14.2 Å². The summed E-state index contributed by atoms with van der Waals surface area (Å²) in [5, 5.41) is 7.10. The zero-order chi connectivity index (χ0) is 8.85. The van der Waals surface area contributed by atoms with E-state index in [0.717, 1.165) is 0 Å². The van der Waals surface area contributed by atoms with Gasteiger partial charge in [-0.1, -0.05) is 22.6 Å². The maximum Gasteiger partial charge on any atom is 0.319 e. The fraction of sp³-hybridized carbons (Fsp3) is 0.667. The molecule has 0 saturated carbocycles. The smallest absolute Gasteiger partial charge is 0.319 e. The molecule has 1 unspecified atom stereocenters. The molecule has 0 rings (SSSR count). The van der Waals surface area contributed by atoms with Crippen LogP contribution in [-0.2, 0) is 14.3 Å². The summed E-state index contributed by atoms with van der Waals surface area (Å²) in [6.45, 7) is 0. The molecule has 0 amide bonds. The third kappa shape index (κ3) is 4.18. The number of ether oxygens (including phenoxy) is 2. The normalized spacial score (nSPS) is 11.9. The van der Waals surface area contributed by atoms with Crippen LogP contribution < -0.4 is 0 Å². The van der Waals surface area contributed by atoms with Crippen LogP contribution in [0.1, 0.15) is 6.42 Å². The number of nitrogens with one attached hydrogen (secondary N) is 1. The summed E-state index contributed by atoms with van der Waals surface area (Å²) in [6.07, 6.45) is 0.281. The number of esters is 1. The van der Waals surface area contributed by atoms with Gasteiger partial charge in [-0.15, -0.1) is 0 Å². The van der Waals surface area contributed by atoms with E-state index >= 15 is 0 Å². The first-order chi connectivity index (χ1) is 5.11. The van der Waals surface area contributed by atoms with Crippen LogP contribution in [0.3, 0.4) is 0 Å². The van der Waals surface area contributed by atoms with Crippen molar-refractivity contribution in [1.29, 1.82) is 5.41 Å². The lowest BCUT2D eigenvalue weighted by atomic mass is 10.3. The molecule has 0 aliphatic carbocycles. The van der Waals surface area contributed by atoms with Gasteiger partial charge >= 0.3 is 5.97 Å². The summed E-state index contributed by atoms with van der Waals surface area (Å²) in [7, 11) is 2.73. The van der Waals surface area contributed by atoms with Crippen LogP contribution >= 0.6 is 22.6 Å². The van der Waals surface area contributed by atoms with Crippen LogP contribution in [0.4, 0.5) is 0 Å². The number of alkyl halides is 1. The van der Waals surface area contributed by atoms with Gasteiger partial charge in [-0.25, -0.2) is 0 Å². The Morgan fingerprint density at radius 3 is 2.45 bits per heavy atom. The Labute approximate surface area is 78.9 Å². The minimum absolute atomic E-state index is 0.0924. The van der Waals surface area contributed by atoms with E-state index in [1.165, 1.54) is 14.2 Å². The summed E-state index contributed by atoms with van der Waals surface area (Å²) in [6, 6.07) is 0. The maximum atomic E-state index is 10.8. The van der Waals surface area contributed by atoms with Crippen molar-refractivity contribution in [3.63, 3.8) is 0 Å². The molecule has 0 aromatic rings. The van der Waals surface area contributed by atoms with Crippen molar-refractivity contribution in [3.8, 4) is 0 Å². The van der Waals surface area contributed by atoms with Gasteiger partial charge in [-0.05, 0) is 0 Å². The highest BCUT2D eigenvalue weighted by Crippen LogP contribution is 2.08. The molecule has 1 N–H and O–H groups in total. The van der Waals surface area contributed by atoms with Gasteiger partial charge in [0.15, 0.2) is 5.90 Å². The van der Waals surface area contributed by atoms with Crippen LogP contribution in [0.25, 0.3) is 0 Å². The molecular weight excluding hydrogens is 261 g/mol. The molecule has 0 aliphatic rings. The van der Waals surface area contributed by atoms with Crippen LogP contribution in [0.5, 0.6) is 0 Å². The number of hydrogen-bond donors (Lipinski definition) is 1. The van der Waals surface area contributed by atoms with Crippen molar-refractivity contribution in [2.45, 2.75) is 10.3 Å². The van der Waals surface area contributed by atoms with E-state index in [2.05, 4.69) is 9.47 Å². The molecule has 0 radical (unpaired) electrons. The molecule has 5 heteroatoms. The molecule has 0 heterocycles. The first-order valence-corrected chi connectivity index (χ1v) is 4.19. The first-order valence-electron chi connectivity index (χ1n) is 2.95. The monoisotopic (exact) mass is 271 g/mol. The Bertz CT molecular complexity index is 160. The van der Waals surface area contributed by atoms with Crippen LogP contribution in [-0.4, -0.2) is 30.0 Å². The molecule has 4 nitrogen and oxygen atoms in total. The third-order valence-electron chi connectivity index (χ3n) is 1.07. The van der Waals surface area contributed by atoms with Gasteiger partial charge in [-0.3, -0.25) is 10.2 Å². The van der Waals surface area contributed by atoms with Gasteiger partial charge in [0, 0.05) is 6.42 Å². The molecule has 0 bridgehead atoms. The van der Waals surface area contributed by atoms with Crippen molar-refractivity contribution in [3.05, 3.63) is 0 Å². The van der Waals surface area contributed by atoms with Crippen LogP contribution in [0, 0.1) is 5.41 Å². The van der Waals surface area contributed by atoms with Crippen molar-refractivity contribution in [2.24, 2.45) is 0 Å². The fourth-order valence-electron chi connectivity index (χ4n) is 0.457. The Morgan fingerprint density at radius 1 is 1.55 bits per heavy atom. The summed E-state index contributed by atoms with van der Waals surface area (Å²) >= 11 is 1.91. The molecule has 0 saturated heterocycles. The largest absolute Gasteiger partial charge is 0.484 e. The van der Waals surface area contributed by atoms with Gasteiger partial charge in [0.1, 0.15) is 3.92 Å². The molecule has 64 valence electrons. The highest BCUT2D eigenvalue weighted by molar-refractivity contribution is 14.1. The molecule has 0 aromatic carbocycles. The Balaban J connectivity index is 3.77. The lowest BCUT2D eigenvalue weighted by Crippen LogP contribution is -2.19. The standard InChI is InChI=1S/C6H10INO3/c1-10-5(8)3-4(7)6(9)11-2/h4,8H,3H2,1-2H3. The van der Waals surface area contributed by atoms with Gasteiger partial charge < -0.3 is 9.47 Å². The molecule has 11 heavy (non-hydrogen) atoms.